The predicted molar refractivity (Wildman–Crippen MR) is 68.2 cm³/mol. The van der Waals surface area contributed by atoms with Gasteiger partial charge in [0.2, 0.25) is 0 Å². The standard InChI is InChI=1S/C13H17BrFN/c1-9(6-7-16-11-3-4-11)12-8-10(14)2-5-13(12)15/h2,5,8-9,11,16H,3-4,6-7H2,1H3. The van der Waals surface area contributed by atoms with Gasteiger partial charge in [-0.25, -0.2) is 4.39 Å². The number of hydrogen-bond acceptors (Lipinski definition) is 1. The van der Waals surface area contributed by atoms with Gasteiger partial charge in [-0.3, -0.25) is 0 Å². The van der Waals surface area contributed by atoms with Crippen LogP contribution in [0.25, 0.3) is 0 Å². The molecular formula is C13H17BrFN. The molecule has 1 saturated carbocycles. The van der Waals surface area contributed by atoms with E-state index in [0.717, 1.165) is 29.0 Å². The van der Waals surface area contributed by atoms with Gasteiger partial charge in [-0.05, 0) is 55.5 Å². The number of rotatable bonds is 5. The second-order valence-corrected chi connectivity index (χ2v) is 5.50. The minimum Gasteiger partial charge on any atom is -0.314 e. The highest BCUT2D eigenvalue weighted by molar-refractivity contribution is 9.10. The summed E-state index contributed by atoms with van der Waals surface area (Å²) in [5, 5.41) is 3.46. The molecule has 3 heteroatoms. The summed E-state index contributed by atoms with van der Waals surface area (Å²) in [6, 6.07) is 5.90. The maximum absolute atomic E-state index is 13.6. The first kappa shape index (κ1) is 12.1. The van der Waals surface area contributed by atoms with Crippen molar-refractivity contribution in [1.82, 2.24) is 5.32 Å². The molecule has 0 amide bonds. The van der Waals surface area contributed by atoms with Gasteiger partial charge in [0.1, 0.15) is 5.82 Å². The minimum atomic E-state index is -0.0953. The topological polar surface area (TPSA) is 12.0 Å². The Hall–Kier alpha value is -0.410. The molecule has 1 aromatic carbocycles. The fourth-order valence-corrected chi connectivity index (χ4v) is 2.22. The van der Waals surface area contributed by atoms with E-state index in [1.54, 1.807) is 6.07 Å². The molecule has 2 rings (SSSR count). The molecule has 0 bridgehead atoms. The third-order valence-corrected chi connectivity index (χ3v) is 3.57. The van der Waals surface area contributed by atoms with Crippen molar-refractivity contribution in [2.45, 2.75) is 38.1 Å². The predicted octanol–water partition coefficient (Wildman–Crippen LogP) is 3.83. The van der Waals surface area contributed by atoms with Gasteiger partial charge in [0.15, 0.2) is 0 Å². The van der Waals surface area contributed by atoms with E-state index < -0.39 is 0 Å². The van der Waals surface area contributed by atoms with Gasteiger partial charge in [-0.15, -0.1) is 0 Å². The Labute approximate surface area is 105 Å². The zero-order valence-electron chi connectivity index (χ0n) is 9.47. The molecule has 88 valence electrons. The maximum atomic E-state index is 13.6. The summed E-state index contributed by atoms with van der Waals surface area (Å²) >= 11 is 3.38. The molecule has 0 spiro atoms. The molecule has 1 aromatic rings. The van der Waals surface area contributed by atoms with Crippen LogP contribution in [0.15, 0.2) is 22.7 Å². The molecule has 0 aliphatic heterocycles. The van der Waals surface area contributed by atoms with E-state index in [4.69, 9.17) is 0 Å². The van der Waals surface area contributed by atoms with Crippen molar-refractivity contribution >= 4 is 15.9 Å². The van der Waals surface area contributed by atoms with Crippen molar-refractivity contribution in [1.29, 1.82) is 0 Å². The van der Waals surface area contributed by atoms with Gasteiger partial charge in [0.05, 0.1) is 0 Å². The highest BCUT2D eigenvalue weighted by Crippen LogP contribution is 2.26. The zero-order valence-corrected chi connectivity index (χ0v) is 11.1. The molecule has 1 atom stereocenters. The first-order chi connectivity index (χ1) is 7.66. The van der Waals surface area contributed by atoms with Crippen molar-refractivity contribution < 1.29 is 4.39 Å². The molecule has 16 heavy (non-hydrogen) atoms. The van der Waals surface area contributed by atoms with E-state index >= 15 is 0 Å². The van der Waals surface area contributed by atoms with Crippen LogP contribution in [0, 0.1) is 5.82 Å². The van der Waals surface area contributed by atoms with E-state index in [1.807, 2.05) is 6.07 Å². The summed E-state index contributed by atoms with van der Waals surface area (Å²) in [7, 11) is 0. The van der Waals surface area contributed by atoms with Crippen molar-refractivity contribution in [3.63, 3.8) is 0 Å². The van der Waals surface area contributed by atoms with E-state index in [2.05, 4.69) is 28.2 Å². The molecule has 0 saturated heterocycles. The normalized spacial score (nSPS) is 17.4. The van der Waals surface area contributed by atoms with Crippen LogP contribution in [0.2, 0.25) is 0 Å². The quantitative estimate of drug-likeness (QED) is 0.867. The van der Waals surface area contributed by atoms with Gasteiger partial charge < -0.3 is 5.32 Å². The average molecular weight is 286 g/mol. The summed E-state index contributed by atoms with van der Waals surface area (Å²) in [5.41, 5.74) is 0.812. The Morgan fingerprint density at radius 1 is 1.50 bits per heavy atom. The lowest BCUT2D eigenvalue weighted by atomic mass is 9.97. The third kappa shape index (κ3) is 3.29. The van der Waals surface area contributed by atoms with Gasteiger partial charge >= 0.3 is 0 Å². The number of nitrogens with one attached hydrogen (secondary N) is 1. The Balaban J connectivity index is 1.90. The zero-order chi connectivity index (χ0) is 11.5. The molecule has 1 nitrogen and oxygen atoms in total. The molecule has 1 aliphatic rings. The molecule has 0 aromatic heterocycles. The summed E-state index contributed by atoms with van der Waals surface area (Å²) in [5.74, 6) is 0.172. The molecule has 1 fully saturated rings. The van der Waals surface area contributed by atoms with E-state index in [0.29, 0.717) is 0 Å². The lowest BCUT2D eigenvalue weighted by molar-refractivity contribution is 0.550. The molecule has 0 radical (unpaired) electrons. The molecule has 1 unspecified atom stereocenters. The third-order valence-electron chi connectivity index (χ3n) is 3.08. The maximum Gasteiger partial charge on any atom is 0.126 e. The Kier molecular flexibility index (Phi) is 3.98. The van der Waals surface area contributed by atoms with E-state index in [9.17, 15) is 4.39 Å². The first-order valence-corrected chi connectivity index (χ1v) is 6.64. The van der Waals surface area contributed by atoms with Crippen LogP contribution in [0.4, 0.5) is 4.39 Å². The Morgan fingerprint density at radius 3 is 2.94 bits per heavy atom. The van der Waals surface area contributed by atoms with Crippen molar-refractivity contribution in [3.8, 4) is 0 Å². The van der Waals surface area contributed by atoms with Crippen molar-refractivity contribution in [3.05, 3.63) is 34.1 Å². The molecule has 0 heterocycles. The van der Waals surface area contributed by atoms with Crippen LogP contribution in [0.5, 0.6) is 0 Å². The van der Waals surface area contributed by atoms with Gasteiger partial charge in [-0.1, -0.05) is 22.9 Å². The first-order valence-electron chi connectivity index (χ1n) is 5.85. The fraction of sp³-hybridized carbons (Fsp3) is 0.538. The SMILES string of the molecule is CC(CCNC1CC1)c1cc(Br)ccc1F. The van der Waals surface area contributed by atoms with Gasteiger partial charge in [0, 0.05) is 10.5 Å². The van der Waals surface area contributed by atoms with E-state index in [1.165, 1.54) is 18.9 Å². The lowest BCUT2D eigenvalue weighted by Crippen LogP contribution is -2.19. The summed E-state index contributed by atoms with van der Waals surface area (Å²) in [6.45, 7) is 3.07. The van der Waals surface area contributed by atoms with Gasteiger partial charge in [-0.2, -0.15) is 0 Å². The van der Waals surface area contributed by atoms with Crippen LogP contribution < -0.4 is 5.32 Å². The second kappa shape index (κ2) is 5.28. The second-order valence-electron chi connectivity index (χ2n) is 4.58. The average Bonchev–Trinajstić information content (AvgIpc) is 3.05. The summed E-state index contributed by atoms with van der Waals surface area (Å²) < 4.78 is 14.5. The van der Waals surface area contributed by atoms with Crippen LogP contribution in [-0.4, -0.2) is 12.6 Å². The molecule has 1 N–H and O–H groups in total. The Morgan fingerprint density at radius 2 is 2.25 bits per heavy atom. The number of benzene rings is 1. The lowest BCUT2D eigenvalue weighted by Gasteiger charge is -2.13. The fourth-order valence-electron chi connectivity index (χ4n) is 1.84. The highest BCUT2D eigenvalue weighted by Gasteiger charge is 2.20. The molecular weight excluding hydrogens is 269 g/mol. The number of hydrogen-bond donors (Lipinski definition) is 1. The minimum absolute atomic E-state index is 0.0953. The van der Waals surface area contributed by atoms with Crippen molar-refractivity contribution in [2.75, 3.05) is 6.54 Å². The monoisotopic (exact) mass is 285 g/mol. The van der Waals surface area contributed by atoms with Crippen LogP contribution in [0.1, 0.15) is 37.7 Å². The van der Waals surface area contributed by atoms with E-state index in [-0.39, 0.29) is 11.7 Å². The van der Waals surface area contributed by atoms with Crippen LogP contribution >= 0.6 is 15.9 Å². The number of halogens is 2. The van der Waals surface area contributed by atoms with Crippen LogP contribution in [-0.2, 0) is 0 Å². The summed E-state index contributed by atoms with van der Waals surface area (Å²) in [4.78, 5) is 0. The van der Waals surface area contributed by atoms with Gasteiger partial charge in [0.25, 0.3) is 0 Å². The largest absolute Gasteiger partial charge is 0.314 e. The summed E-state index contributed by atoms with van der Waals surface area (Å²) in [6.07, 6.45) is 3.60. The highest BCUT2D eigenvalue weighted by atomic mass is 79.9. The Bertz CT molecular complexity index is 363. The molecule has 1 aliphatic carbocycles. The van der Waals surface area contributed by atoms with Crippen LogP contribution in [0.3, 0.4) is 0 Å². The smallest absolute Gasteiger partial charge is 0.126 e. The van der Waals surface area contributed by atoms with Crippen molar-refractivity contribution in [2.24, 2.45) is 0 Å².